The molecule has 0 saturated heterocycles. The number of carbonyl (C=O) groups excluding carboxylic acids is 2. The largest absolute Gasteiger partial charge is 0.348 e. The number of nitrogens with zero attached hydrogens (tertiary/aromatic N) is 1. The highest BCUT2D eigenvalue weighted by Crippen LogP contribution is 2.20. The van der Waals surface area contributed by atoms with Gasteiger partial charge in [0.05, 0.1) is 5.69 Å². The van der Waals surface area contributed by atoms with Crippen molar-refractivity contribution in [1.82, 2.24) is 15.5 Å². The molecular formula is C17H19F2N5O2. The molecule has 0 bridgehead atoms. The molecule has 5 N–H and O–H groups in total. The minimum absolute atomic E-state index is 0.0217. The zero-order valence-corrected chi connectivity index (χ0v) is 13.9. The van der Waals surface area contributed by atoms with E-state index in [1.165, 1.54) is 6.20 Å². The normalized spacial score (nSPS) is 19.8. The Bertz CT molecular complexity index is 795. The summed E-state index contributed by atoms with van der Waals surface area (Å²) in [7, 11) is 0. The molecule has 138 valence electrons. The minimum Gasteiger partial charge on any atom is -0.348 e. The molecule has 9 heteroatoms. The van der Waals surface area contributed by atoms with Gasteiger partial charge in [-0.1, -0.05) is 6.07 Å². The Labute approximate surface area is 148 Å². The first kappa shape index (κ1) is 18.0. The molecule has 1 fully saturated rings. The van der Waals surface area contributed by atoms with E-state index in [1.807, 2.05) is 0 Å². The molecule has 2 amide bonds. The van der Waals surface area contributed by atoms with Gasteiger partial charge in [0.2, 0.25) is 0 Å². The van der Waals surface area contributed by atoms with E-state index < -0.39 is 29.0 Å². The Morgan fingerprint density at radius 1 is 1.12 bits per heavy atom. The Hall–Kier alpha value is -2.81. The summed E-state index contributed by atoms with van der Waals surface area (Å²) in [6.07, 6.45) is 4.45. The van der Waals surface area contributed by atoms with Crippen molar-refractivity contribution in [3.05, 3.63) is 47.3 Å². The number of rotatable bonds is 4. The molecular weight excluding hydrogens is 344 g/mol. The smallest absolute Gasteiger partial charge is 0.274 e. The predicted octanol–water partition coefficient (Wildman–Crippen LogP) is 1.94. The Kier molecular flexibility index (Phi) is 5.27. The molecule has 1 aromatic carbocycles. The van der Waals surface area contributed by atoms with Gasteiger partial charge in [0, 0.05) is 18.3 Å². The number of amides is 2. The van der Waals surface area contributed by atoms with Gasteiger partial charge in [-0.15, -0.1) is 0 Å². The Morgan fingerprint density at radius 2 is 1.77 bits per heavy atom. The van der Waals surface area contributed by atoms with E-state index in [1.54, 1.807) is 0 Å². The van der Waals surface area contributed by atoms with Crippen molar-refractivity contribution in [2.24, 2.45) is 5.73 Å². The van der Waals surface area contributed by atoms with E-state index in [2.05, 4.69) is 20.8 Å². The molecule has 1 saturated carbocycles. The summed E-state index contributed by atoms with van der Waals surface area (Å²) in [5.74, 6) is -3.46. The van der Waals surface area contributed by atoms with Crippen LogP contribution in [0, 0.1) is 11.6 Å². The summed E-state index contributed by atoms with van der Waals surface area (Å²) in [5, 5.41) is 11.5. The van der Waals surface area contributed by atoms with Crippen LogP contribution in [-0.2, 0) is 0 Å². The molecule has 3 rings (SSSR count). The molecule has 0 unspecified atom stereocenters. The summed E-state index contributed by atoms with van der Waals surface area (Å²) < 4.78 is 27.4. The molecule has 26 heavy (non-hydrogen) atoms. The topological polar surface area (TPSA) is 113 Å². The van der Waals surface area contributed by atoms with Crippen LogP contribution in [0.2, 0.25) is 0 Å². The fourth-order valence-electron chi connectivity index (χ4n) is 2.98. The molecule has 0 radical (unpaired) electrons. The minimum atomic E-state index is -1.00. The number of anilines is 1. The molecule has 0 atom stereocenters. The summed E-state index contributed by atoms with van der Waals surface area (Å²) >= 11 is 0. The van der Waals surface area contributed by atoms with Crippen LogP contribution in [0.5, 0.6) is 0 Å². The number of nitrogens with one attached hydrogen (secondary N) is 3. The first-order chi connectivity index (χ1) is 12.5. The summed E-state index contributed by atoms with van der Waals surface area (Å²) in [4.78, 5) is 24.6. The van der Waals surface area contributed by atoms with Crippen LogP contribution in [0.1, 0.15) is 46.5 Å². The molecule has 1 aliphatic rings. The maximum atomic E-state index is 13.7. The summed E-state index contributed by atoms with van der Waals surface area (Å²) in [6, 6.07) is 3.25. The van der Waals surface area contributed by atoms with Crippen molar-refractivity contribution < 1.29 is 18.4 Å². The van der Waals surface area contributed by atoms with Crippen LogP contribution in [0.15, 0.2) is 24.4 Å². The van der Waals surface area contributed by atoms with Crippen molar-refractivity contribution >= 4 is 17.5 Å². The fourth-order valence-corrected chi connectivity index (χ4v) is 2.98. The Morgan fingerprint density at radius 3 is 2.42 bits per heavy atom. The van der Waals surface area contributed by atoms with Gasteiger partial charge in [0.25, 0.3) is 11.8 Å². The van der Waals surface area contributed by atoms with Gasteiger partial charge in [-0.05, 0) is 37.8 Å². The molecule has 1 aromatic heterocycles. The zero-order valence-electron chi connectivity index (χ0n) is 13.9. The third kappa shape index (κ3) is 3.88. The number of hydrogen-bond donors (Lipinski definition) is 4. The van der Waals surface area contributed by atoms with Crippen molar-refractivity contribution in [2.45, 2.75) is 37.8 Å². The molecule has 7 nitrogen and oxygen atoms in total. The van der Waals surface area contributed by atoms with Gasteiger partial charge >= 0.3 is 0 Å². The van der Waals surface area contributed by atoms with Crippen molar-refractivity contribution in [2.75, 3.05) is 5.32 Å². The van der Waals surface area contributed by atoms with Crippen LogP contribution in [-0.4, -0.2) is 34.1 Å². The first-order valence-corrected chi connectivity index (χ1v) is 8.31. The number of benzene rings is 1. The van der Waals surface area contributed by atoms with Crippen molar-refractivity contribution in [3.8, 4) is 0 Å². The molecule has 1 aliphatic carbocycles. The third-order valence-corrected chi connectivity index (χ3v) is 4.40. The number of H-pyrrole nitrogens is 1. The zero-order chi connectivity index (χ0) is 18.7. The second kappa shape index (κ2) is 7.61. The van der Waals surface area contributed by atoms with Crippen molar-refractivity contribution in [3.63, 3.8) is 0 Å². The van der Waals surface area contributed by atoms with E-state index >= 15 is 0 Å². The molecule has 1 heterocycles. The van der Waals surface area contributed by atoms with Crippen molar-refractivity contribution in [1.29, 1.82) is 0 Å². The Balaban J connectivity index is 1.70. The molecule has 0 aliphatic heterocycles. The quantitative estimate of drug-likeness (QED) is 0.665. The lowest BCUT2D eigenvalue weighted by Gasteiger charge is -2.26. The van der Waals surface area contributed by atoms with E-state index in [-0.39, 0.29) is 23.5 Å². The number of hydrogen-bond acceptors (Lipinski definition) is 4. The maximum absolute atomic E-state index is 13.7. The fraction of sp³-hybridized carbons (Fsp3) is 0.353. The van der Waals surface area contributed by atoms with Gasteiger partial charge in [0.15, 0.2) is 5.69 Å². The lowest BCUT2D eigenvalue weighted by atomic mass is 9.92. The second-order valence-electron chi connectivity index (χ2n) is 6.28. The molecule has 2 aromatic rings. The summed E-state index contributed by atoms with van der Waals surface area (Å²) in [6.45, 7) is 0. The van der Waals surface area contributed by atoms with Gasteiger partial charge in [-0.3, -0.25) is 14.7 Å². The standard InChI is InChI=1S/C17H19F2N5O2/c18-11-2-1-3-12(19)14(11)16(25)23-13-8-21-24-15(13)17(26)22-10-6-4-9(20)5-7-10/h1-3,8-10H,4-7,20H2,(H,21,24)(H,22,26)(H,23,25)/t9-,10-. The number of halogens is 2. The average molecular weight is 363 g/mol. The third-order valence-electron chi connectivity index (χ3n) is 4.40. The van der Waals surface area contributed by atoms with Crippen LogP contribution in [0.4, 0.5) is 14.5 Å². The highest BCUT2D eigenvalue weighted by atomic mass is 19.1. The van der Waals surface area contributed by atoms with E-state index in [9.17, 15) is 18.4 Å². The monoisotopic (exact) mass is 363 g/mol. The van der Waals surface area contributed by atoms with Gasteiger partial charge in [0.1, 0.15) is 17.2 Å². The van der Waals surface area contributed by atoms with E-state index in [4.69, 9.17) is 5.73 Å². The number of nitrogens with two attached hydrogens (primary N) is 1. The van der Waals surface area contributed by atoms with Gasteiger partial charge in [-0.2, -0.15) is 5.10 Å². The first-order valence-electron chi connectivity index (χ1n) is 8.31. The highest BCUT2D eigenvalue weighted by Gasteiger charge is 2.25. The maximum Gasteiger partial charge on any atom is 0.274 e. The van der Waals surface area contributed by atoms with E-state index in [0.717, 1.165) is 43.9 Å². The second-order valence-corrected chi connectivity index (χ2v) is 6.28. The van der Waals surface area contributed by atoms with Crippen LogP contribution in [0.25, 0.3) is 0 Å². The number of aromatic nitrogens is 2. The highest BCUT2D eigenvalue weighted by molar-refractivity contribution is 6.08. The number of aromatic amines is 1. The van der Waals surface area contributed by atoms with Crippen LogP contribution in [0.3, 0.4) is 0 Å². The van der Waals surface area contributed by atoms with Gasteiger partial charge in [-0.25, -0.2) is 8.78 Å². The average Bonchev–Trinajstić information content (AvgIpc) is 3.05. The lowest BCUT2D eigenvalue weighted by molar-refractivity contribution is 0.0921. The van der Waals surface area contributed by atoms with Crippen LogP contribution < -0.4 is 16.4 Å². The van der Waals surface area contributed by atoms with Gasteiger partial charge < -0.3 is 16.4 Å². The SMILES string of the molecule is N[C@H]1CC[C@H](NC(=O)c2n[nH]cc2NC(=O)c2c(F)cccc2F)CC1. The summed E-state index contributed by atoms with van der Waals surface area (Å²) in [5.41, 5.74) is 5.11. The van der Waals surface area contributed by atoms with E-state index in [0.29, 0.717) is 0 Å². The lowest BCUT2D eigenvalue weighted by Crippen LogP contribution is -2.40. The molecule has 0 spiro atoms. The van der Waals surface area contributed by atoms with Crippen LogP contribution >= 0.6 is 0 Å². The number of carbonyl (C=O) groups is 2. The predicted molar refractivity (Wildman–Crippen MR) is 90.6 cm³/mol.